The highest BCUT2D eigenvalue weighted by molar-refractivity contribution is 5.85. The molecule has 1 atom stereocenters. The predicted octanol–water partition coefficient (Wildman–Crippen LogP) is 3.59. The predicted molar refractivity (Wildman–Crippen MR) is 88.6 cm³/mol. The van der Waals surface area contributed by atoms with Gasteiger partial charge in [0.25, 0.3) is 0 Å². The molecule has 4 nitrogen and oxygen atoms in total. The first-order valence-corrected chi connectivity index (χ1v) is 7.65. The average molecular weight is 291 g/mol. The number of nitrogens with zero attached hydrogens (tertiary/aromatic N) is 1. The number of hydrogen-bond donors (Lipinski definition) is 3. The van der Waals surface area contributed by atoms with Gasteiger partial charge in [0.2, 0.25) is 0 Å². The molecule has 0 aliphatic heterocycles. The molecule has 0 unspecified atom stereocenters. The van der Waals surface area contributed by atoms with Crippen LogP contribution in [0.5, 0.6) is 0 Å². The number of hydrogen-bond acceptors (Lipinski definition) is 3. The fourth-order valence-corrected chi connectivity index (χ4v) is 2.33. The van der Waals surface area contributed by atoms with Crippen molar-refractivity contribution in [3.05, 3.63) is 35.4 Å². The van der Waals surface area contributed by atoms with E-state index in [9.17, 15) is 0 Å². The topological polar surface area (TPSA) is 70.6 Å². The molecule has 0 saturated carbocycles. The van der Waals surface area contributed by atoms with Crippen LogP contribution in [0, 0.1) is 12.3 Å². The van der Waals surface area contributed by atoms with Gasteiger partial charge in [-0.1, -0.05) is 55.3 Å². The second-order valence-corrected chi connectivity index (χ2v) is 6.42. The van der Waals surface area contributed by atoms with Crippen molar-refractivity contribution >= 4 is 5.84 Å². The molecule has 4 N–H and O–H groups in total. The summed E-state index contributed by atoms with van der Waals surface area (Å²) in [5, 5.41) is 15.4. The first-order valence-electron chi connectivity index (χ1n) is 7.65. The molecule has 0 heterocycles. The van der Waals surface area contributed by atoms with Gasteiger partial charge < -0.3 is 16.3 Å². The maximum Gasteiger partial charge on any atom is 0.144 e. The van der Waals surface area contributed by atoms with Crippen molar-refractivity contribution in [3.63, 3.8) is 0 Å². The van der Waals surface area contributed by atoms with E-state index in [-0.39, 0.29) is 5.41 Å². The minimum absolute atomic E-state index is 0.239. The summed E-state index contributed by atoms with van der Waals surface area (Å²) < 4.78 is 0. The highest BCUT2D eigenvalue weighted by Crippen LogP contribution is 2.23. The van der Waals surface area contributed by atoms with Crippen LogP contribution in [0.4, 0.5) is 0 Å². The summed E-state index contributed by atoms with van der Waals surface area (Å²) in [7, 11) is 0. The van der Waals surface area contributed by atoms with Crippen molar-refractivity contribution < 1.29 is 5.21 Å². The molecule has 0 aliphatic rings. The van der Waals surface area contributed by atoms with Crippen LogP contribution in [0.2, 0.25) is 0 Å². The smallest absolute Gasteiger partial charge is 0.144 e. The molecule has 118 valence electrons. The largest absolute Gasteiger partial charge is 0.409 e. The van der Waals surface area contributed by atoms with Crippen molar-refractivity contribution in [1.82, 2.24) is 5.32 Å². The number of aryl methyl sites for hydroxylation is 1. The van der Waals surface area contributed by atoms with Crippen LogP contribution in [-0.4, -0.2) is 17.6 Å². The van der Waals surface area contributed by atoms with Gasteiger partial charge in [-0.15, -0.1) is 0 Å². The monoisotopic (exact) mass is 291 g/mol. The Bertz CT molecular complexity index is 469. The molecule has 4 heteroatoms. The molecule has 1 rings (SSSR count). The van der Waals surface area contributed by atoms with Gasteiger partial charge in [-0.2, -0.15) is 0 Å². The van der Waals surface area contributed by atoms with Crippen molar-refractivity contribution in [2.75, 3.05) is 6.54 Å². The van der Waals surface area contributed by atoms with Crippen LogP contribution in [-0.2, 0) is 0 Å². The molecule has 0 fully saturated rings. The summed E-state index contributed by atoms with van der Waals surface area (Å²) in [5.74, 6) is 0.309. The SMILES string of the molecule is Cc1cccc([C@H](C)NCCCCC(C)(C)/C(N)=N/O)c1. The molecule has 0 amide bonds. The minimum atomic E-state index is -0.239. The van der Waals surface area contributed by atoms with Crippen molar-refractivity contribution in [1.29, 1.82) is 0 Å². The summed E-state index contributed by atoms with van der Waals surface area (Å²) in [6, 6.07) is 8.96. The molecule has 0 radical (unpaired) electrons. The van der Waals surface area contributed by atoms with E-state index in [0.717, 1.165) is 25.8 Å². The zero-order valence-corrected chi connectivity index (χ0v) is 13.7. The third-order valence-corrected chi connectivity index (χ3v) is 4.02. The lowest BCUT2D eigenvalue weighted by molar-refractivity contribution is 0.304. The maximum absolute atomic E-state index is 8.74. The fraction of sp³-hybridized carbons (Fsp3) is 0.588. The van der Waals surface area contributed by atoms with E-state index in [1.807, 2.05) is 13.8 Å². The van der Waals surface area contributed by atoms with Crippen molar-refractivity contribution in [2.24, 2.45) is 16.3 Å². The number of nitrogens with two attached hydrogens (primary N) is 1. The quantitative estimate of drug-likeness (QED) is 0.225. The highest BCUT2D eigenvalue weighted by Gasteiger charge is 2.22. The lowest BCUT2D eigenvalue weighted by atomic mass is 9.86. The van der Waals surface area contributed by atoms with E-state index in [4.69, 9.17) is 10.9 Å². The van der Waals surface area contributed by atoms with Gasteiger partial charge in [0.05, 0.1) is 0 Å². The number of benzene rings is 1. The van der Waals surface area contributed by atoms with Gasteiger partial charge in [-0.05, 0) is 38.8 Å². The van der Waals surface area contributed by atoms with Crippen molar-refractivity contribution in [3.8, 4) is 0 Å². The van der Waals surface area contributed by atoms with Crippen LogP contribution in [0.1, 0.15) is 57.2 Å². The Morgan fingerprint density at radius 1 is 1.38 bits per heavy atom. The summed E-state index contributed by atoms with van der Waals surface area (Å²) in [5.41, 5.74) is 8.07. The average Bonchev–Trinajstić information content (AvgIpc) is 2.45. The summed E-state index contributed by atoms with van der Waals surface area (Å²) in [6.07, 6.45) is 3.05. The van der Waals surface area contributed by atoms with E-state index in [1.165, 1.54) is 11.1 Å². The summed E-state index contributed by atoms with van der Waals surface area (Å²) >= 11 is 0. The first-order chi connectivity index (χ1) is 9.86. The number of rotatable bonds is 8. The van der Waals surface area contributed by atoms with Gasteiger partial charge in [-0.3, -0.25) is 0 Å². The van der Waals surface area contributed by atoms with Gasteiger partial charge >= 0.3 is 0 Å². The number of amidine groups is 1. The van der Waals surface area contributed by atoms with Gasteiger partial charge in [-0.25, -0.2) is 0 Å². The van der Waals surface area contributed by atoms with E-state index < -0.39 is 0 Å². The van der Waals surface area contributed by atoms with Crippen LogP contribution >= 0.6 is 0 Å². The molecule has 0 spiro atoms. The third kappa shape index (κ3) is 5.76. The second kappa shape index (κ2) is 8.03. The lowest BCUT2D eigenvalue weighted by Crippen LogP contribution is -2.32. The Balaban J connectivity index is 2.29. The van der Waals surface area contributed by atoms with Crippen LogP contribution < -0.4 is 11.1 Å². The standard InChI is InChI=1S/C17H29N3O/c1-13-8-7-9-15(12-13)14(2)19-11-6-5-10-17(3,4)16(18)20-21/h7-9,12,14,19,21H,5-6,10-11H2,1-4H3,(H2,18,20)/t14-/m0/s1. The molecular weight excluding hydrogens is 262 g/mol. The van der Waals surface area contributed by atoms with E-state index in [1.54, 1.807) is 0 Å². The van der Waals surface area contributed by atoms with Crippen LogP contribution in [0.3, 0.4) is 0 Å². The fourth-order valence-electron chi connectivity index (χ4n) is 2.33. The number of nitrogens with one attached hydrogen (secondary N) is 1. The van der Waals surface area contributed by atoms with E-state index >= 15 is 0 Å². The molecule has 0 bridgehead atoms. The molecule has 1 aromatic carbocycles. The Kier molecular flexibility index (Phi) is 6.69. The zero-order chi connectivity index (χ0) is 15.9. The van der Waals surface area contributed by atoms with Crippen LogP contribution in [0.15, 0.2) is 29.4 Å². The Labute approximate surface area is 128 Å². The van der Waals surface area contributed by atoms with E-state index in [2.05, 4.69) is 48.6 Å². The van der Waals surface area contributed by atoms with Gasteiger partial charge in [0.15, 0.2) is 0 Å². The first kappa shape index (κ1) is 17.5. The number of oxime groups is 1. The normalized spacial score (nSPS) is 14.2. The van der Waals surface area contributed by atoms with Gasteiger partial charge in [0, 0.05) is 11.5 Å². The molecule has 21 heavy (non-hydrogen) atoms. The molecular formula is C17H29N3O. The Hall–Kier alpha value is -1.55. The Morgan fingerprint density at radius 2 is 2.10 bits per heavy atom. The Morgan fingerprint density at radius 3 is 2.71 bits per heavy atom. The molecule has 1 aromatic rings. The third-order valence-electron chi connectivity index (χ3n) is 4.02. The molecule has 0 aliphatic carbocycles. The number of unbranched alkanes of at least 4 members (excludes halogenated alkanes) is 1. The maximum atomic E-state index is 8.74. The summed E-state index contributed by atoms with van der Waals surface area (Å²) in [4.78, 5) is 0. The summed E-state index contributed by atoms with van der Waals surface area (Å²) in [6.45, 7) is 9.29. The zero-order valence-electron chi connectivity index (χ0n) is 13.7. The second-order valence-electron chi connectivity index (χ2n) is 6.42. The van der Waals surface area contributed by atoms with Crippen LogP contribution in [0.25, 0.3) is 0 Å². The minimum Gasteiger partial charge on any atom is -0.409 e. The van der Waals surface area contributed by atoms with Crippen molar-refractivity contribution in [2.45, 2.75) is 53.0 Å². The molecule has 0 aromatic heterocycles. The molecule has 0 saturated heterocycles. The lowest BCUT2D eigenvalue weighted by Gasteiger charge is -2.22. The highest BCUT2D eigenvalue weighted by atomic mass is 16.4. The van der Waals surface area contributed by atoms with E-state index in [0.29, 0.717) is 11.9 Å². The van der Waals surface area contributed by atoms with Gasteiger partial charge in [0.1, 0.15) is 5.84 Å².